The van der Waals surface area contributed by atoms with Crippen molar-refractivity contribution in [3.05, 3.63) is 93.6 Å². The molecule has 0 amide bonds. The predicted octanol–water partition coefficient (Wildman–Crippen LogP) is 3.91. The number of H-pyrrole nitrogens is 1. The highest BCUT2D eigenvalue weighted by atomic mass is 16.5. The van der Waals surface area contributed by atoms with E-state index in [4.69, 9.17) is 15.2 Å². The number of ether oxygens (including phenoxy) is 2. The highest BCUT2D eigenvalue weighted by molar-refractivity contribution is 5.90. The first kappa shape index (κ1) is 17.8. The van der Waals surface area contributed by atoms with Crippen molar-refractivity contribution in [1.29, 1.82) is 5.26 Å². The largest absolute Gasteiger partial charge is 0.497 e. The molecule has 30 heavy (non-hydrogen) atoms. The van der Waals surface area contributed by atoms with Crippen LogP contribution < -0.4 is 20.8 Å². The van der Waals surface area contributed by atoms with Gasteiger partial charge >= 0.3 is 0 Å². The average Bonchev–Trinajstić information content (AvgIpc) is 2.77. The fraction of sp³-hybridized carbons (Fsp3) is 0.0833. The maximum atomic E-state index is 13.1. The number of hydrogen-bond acceptors (Lipinski definition) is 5. The van der Waals surface area contributed by atoms with Crippen LogP contribution in [0.4, 0.5) is 0 Å². The van der Waals surface area contributed by atoms with E-state index < -0.39 is 5.92 Å². The van der Waals surface area contributed by atoms with Gasteiger partial charge in [0.2, 0.25) is 5.88 Å². The molecule has 6 nitrogen and oxygen atoms in total. The van der Waals surface area contributed by atoms with Crippen molar-refractivity contribution >= 4 is 21.7 Å². The SMILES string of the molecule is COc1ccc2cc(C3C(C#N)=C(N)Oc4ccc5ccccc5c43)c(=O)[nH]c2c1. The zero-order valence-electron chi connectivity index (χ0n) is 16.1. The standard InChI is InChI=1S/C24H17N3O3/c1-29-15-8-6-14-10-17(24(28)27-19(14)11-15)21-18(12-25)23(26)30-20-9-7-13-4-2-3-5-16(13)22(20)21/h2-11,21H,26H2,1H3,(H,27,28). The summed E-state index contributed by atoms with van der Waals surface area (Å²) in [7, 11) is 1.57. The van der Waals surface area contributed by atoms with Gasteiger partial charge < -0.3 is 20.2 Å². The maximum absolute atomic E-state index is 13.1. The third-order valence-electron chi connectivity index (χ3n) is 5.51. The van der Waals surface area contributed by atoms with Crippen molar-refractivity contribution in [2.75, 3.05) is 7.11 Å². The van der Waals surface area contributed by atoms with Gasteiger partial charge in [0.1, 0.15) is 23.1 Å². The molecule has 0 aliphatic carbocycles. The molecule has 4 aromatic rings. The van der Waals surface area contributed by atoms with Gasteiger partial charge in [0.15, 0.2) is 0 Å². The monoisotopic (exact) mass is 395 g/mol. The molecule has 1 unspecified atom stereocenters. The van der Waals surface area contributed by atoms with E-state index in [0.717, 1.165) is 21.7 Å². The van der Waals surface area contributed by atoms with E-state index >= 15 is 0 Å². The number of fused-ring (bicyclic) bond motifs is 4. The Morgan fingerprint density at radius 2 is 1.90 bits per heavy atom. The minimum atomic E-state index is -0.639. The molecule has 0 saturated carbocycles. The summed E-state index contributed by atoms with van der Waals surface area (Å²) in [6.07, 6.45) is 0. The Morgan fingerprint density at radius 1 is 1.10 bits per heavy atom. The molecule has 146 valence electrons. The van der Waals surface area contributed by atoms with E-state index in [-0.39, 0.29) is 17.0 Å². The summed E-state index contributed by atoms with van der Waals surface area (Å²) in [4.78, 5) is 16.1. The minimum Gasteiger partial charge on any atom is -0.497 e. The third kappa shape index (κ3) is 2.60. The van der Waals surface area contributed by atoms with Gasteiger partial charge in [-0.3, -0.25) is 4.79 Å². The van der Waals surface area contributed by atoms with E-state index in [1.165, 1.54) is 0 Å². The molecule has 0 bridgehead atoms. The Kier molecular flexibility index (Phi) is 3.97. The first-order chi connectivity index (χ1) is 14.6. The van der Waals surface area contributed by atoms with Gasteiger partial charge in [-0.05, 0) is 40.4 Å². The van der Waals surface area contributed by atoms with Crippen molar-refractivity contribution in [1.82, 2.24) is 4.98 Å². The molecular formula is C24H17N3O3. The van der Waals surface area contributed by atoms with E-state index in [9.17, 15) is 10.1 Å². The number of hydrogen-bond donors (Lipinski definition) is 2. The normalized spacial score (nSPS) is 15.5. The summed E-state index contributed by atoms with van der Waals surface area (Å²) in [5.41, 5.74) is 7.87. The second-order valence-corrected chi connectivity index (χ2v) is 7.13. The number of pyridine rings is 1. The Bertz CT molecular complexity index is 1460. The van der Waals surface area contributed by atoms with Crippen LogP contribution in [0, 0.1) is 11.3 Å². The van der Waals surface area contributed by atoms with Crippen LogP contribution in [0.1, 0.15) is 17.0 Å². The van der Waals surface area contributed by atoms with Gasteiger partial charge in [0.05, 0.1) is 18.5 Å². The number of nitrogens with one attached hydrogen (secondary N) is 1. The van der Waals surface area contributed by atoms with E-state index in [0.29, 0.717) is 22.6 Å². The maximum Gasteiger partial charge on any atom is 0.252 e. The van der Waals surface area contributed by atoms with Crippen LogP contribution in [-0.4, -0.2) is 12.1 Å². The fourth-order valence-corrected chi connectivity index (χ4v) is 4.09. The van der Waals surface area contributed by atoms with Gasteiger partial charge in [-0.2, -0.15) is 5.26 Å². The zero-order chi connectivity index (χ0) is 20.8. The topological polar surface area (TPSA) is 101 Å². The molecule has 1 aliphatic heterocycles. The lowest BCUT2D eigenvalue weighted by Crippen LogP contribution is -2.25. The molecule has 0 saturated heterocycles. The second kappa shape index (κ2) is 6.68. The lowest BCUT2D eigenvalue weighted by molar-refractivity contribution is 0.395. The smallest absolute Gasteiger partial charge is 0.252 e. The summed E-state index contributed by atoms with van der Waals surface area (Å²) in [6.45, 7) is 0. The number of aromatic amines is 1. The number of aromatic nitrogens is 1. The molecule has 2 heterocycles. The summed E-state index contributed by atoms with van der Waals surface area (Å²) in [5, 5.41) is 12.6. The van der Waals surface area contributed by atoms with Gasteiger partial charge in [0, 0.05) is 17.2 Å². The number of nitriles is 1. The zero-order valence-corrected chi connectivity index (χ0v) is 16.1. The first-order valence-electron chi connectivity index (χ1n) is 9.41. The quantitative estimate of drug-likeness (QED) is 0.536. The molecule has 5 rings (SSSR count). The molecule has 1 aromatic heterocycles. The van der Waals surface area contributed by atoms with Crippen LogP contribution in [0.25, 0.3) is 21.7 Å². The van der Waals surface area contributed by atoms with Crippen molar-refractivity contribution in [2.24, 2.45) is 5.73 Å². The van der Waals surface area contributed by atoms with Gasteiger partial charge in [-0.25, -0.2) is 0 Å². The van der Waals surface area contributed by atoms with Crippen LogP contribution in [0.3, 0.4) is 0 Å². The molecule has 0 fully saturated rings. The first-order valence-corrected chi connectivity index (χ1v) is 9.41. The highest BCUT2D eigenvalue weighted by Crippen LogP contribution is 2.45. The van der Waals surface area contributed by atoms with Crippen molar-refractivity contribution in [3.8, 4) is 17.6 Å². The van der Waals surface area contributed by atoms with Crippen LogP contribution in [0.15, 0.2) is 76.9 Å². The fourth-order valence-electron chi connectivity index (χ4n) is 4.09. The Balaban J connectivity index is 1.84. The summed E-state index contributed by atoms with van der Waals surface area (Å²) in [5.74, 6) is 0.569. The minimum absolute atomic E-state index is 0.0134. The van der Waals surface area contributed by atoms with Gasteiger partial charge in [-0.1, -0.05) is 30.3 Å². The van der Waals surface area contributed by atoms with Crippen LogP contribution in [0.2, 0.25) is 0 Å². The number of benzene rings is 3. The molecule has 0 radical (unpaired) electrons. The van der Waals surface area contributed by atoms with E-state index in [1.54, 1.807) is 19.2 Å². The van der Waals surface area contributed by atoms with E-state index in [1.807, 2.05) is 48.5 Å². The predicted molar refractivity (Wildman–Crippen MR) is 114 cm³/mol. The molecule has 1 aliphatic rings. The van der Waals surface area contributed by atoms with Crippen LogP contribution in [0.5, 0.6) is 11.5 Å². The second-order valence-electron chi connectivity index (χ2n) is 7.13. The molecule has 3 N–H and O–H groups in total. The van der Waals surface area contributed by atoms with Crippen molar-refractivity contribution in [2.45, 2.75) is 5.92 Å². The summed E-state index contributed by atoms with van der Waals surface area (Å²) >= 11 is 0. The summed E-state index contributed by atoms with van der Waals surface area (Å²) < 4.78 is 11.0. The lowest BCUT2D eigenvalue weighted by Gasteiger charge is -2.27. The Morgan fingerprint density at radius 3 is 2.70 bits per heavy atom. The van der Waals surface area contributed by atoms with Gasteiger partial charge in [-0.15, -0.1) is 0 Å². The third-order valence-corrected chi connectivity index (χ3v) is 5.51. The Hall–Kier alpha value is -4.24. The van der Waals surface area contributed by atoms with E-state index in [2.05, 4.69) is 11.1 Å². The molecule has 0 spiro atoms. The number of nitrogens with two attached hydrogens (primary N) is 1. The number of nitrogens with zero attached hydrogens (tertiary/aromatic N) is 1. The molecule has 3 aromatic carbocycles. The van der Waals surface area contributed by atoms with Crippen molar-refractivity contribution < 1.29 is 9.47 Å². The molecular weight excluding hydrogens is 378 g/mol. The molecule has 1 atom stereocenters. The van der Waals surface area contributed by atoms with Crippen molar-refractivity contribution in [3.63, 3.8) is 0 Å². The van der Waals surface area contributed by atoms with Gasteiger partial charge in [0.25, 0.3) is 5.56 Å². The number of rotatable bonds is 2. The summed E-state index contributed by atoms with van der Waals surface area (Å²) in [6, 6.07) is 21.0. The number of allylic oxidation sites excluding steroid dienone is 1. The molecule has 6 heteroatoms. The average molecular weight is 395 g/mol. The van der Waals surface area contributed by atoms with Crippen LogP contribution >= 0.6 is 0 Å². The van der Waals surface area contributed by atoms with Crippen LogP contribution in [-0.2, 0) is 0 Å². The number of methoxy groups -OCH3 is 1. The lowest BCUT2D eigenvalue weighted by atomic mass is 9.81. The highest BCUT2D eigenvalue weighted by Gasteiger charge is 2.34. The Labute approximate surface area is 171 Å².